The first-order valence-electron chi connectivity index (χ1n) is 6.53. The Balaban J connectivity index is 1.84. The monoisotopic (exact) mass is 262 g/mol. The molecule has 0 fully saturated rings. The Labute approximate surface area is 112 Å². The molecule has 1 aromatic heterocycles. The maximum Gasteiger partial charge on any atom is 0.146 e. The van der Waals surface area contributed by atoms with Crippen molar-refractivity contribution in [3.05, 3.63) is 47.8 Å². The molecule has 5 heteroatoms. The number of benzene rings is 1. The molecule has 0 saturated heterocycles. The number of nitrogens with one attached hydrogen (secondary N) is 1. The second-order valence-electron chi connectivity index (χ2n) is 4.65. The third-order valence-electron chi connectivity index (χ3n) is 3.10. The van der Waals surface area contributed by atoms with E-state index in [1.807, 2.05) is 16.7 Å². The van der Waals surface area contributed by atoms with Crippen molar-refractivity contribution in [2.75, 3.05) is 0 Å². The fourth-order valence-corrected chi connectivity index (χ4v) is 1.99. The summed E-state index contributed by atoms with van der Waals surface area (Å²) in [5, 5.41) is 11.4. The molecule has 1 aromatic carbocycles. The largest absolute Gasteiger partial charge is 0.317 e. The van der Waals surface area contributed by atoms with Crippen LogP contribution in [0.5, 0.6) is 0 Å². The molecule has 0 aliphatic heterocycles. The molecular weight excluding hydrogens is 243 g/mol. The van der Waals surface area contributed by atoms with Gasteiger partial charge in [0.25, 0.3) is 0 Å². The van der Waals surface area contributed by atoms with Gasteiger partial charge in [0.05, 0.1) is 6.54 Å². The zero-order chi connectivity index (χ0) is 13.7. The van der Waals surface area contributed by atoms with Crippen molar-refractivity contribution in [1.82, 2.24) is 20.1 Å². The SMILES string of the molecule is CCn1cnnc1CNC(C)Cc1ccc(F)cc1. The van der Waals surface area contributed by atoms with Crippen LogP contribution in [-0.4, -0.2) is 20.8 Å². The molecule has 1 N–H and O–H groups in total. The predicted octanol–water partition coefficient (Wildman–Crippen LogP) is 2.16. The van der Waals surface area contributed by atoms with Crippen molar-refractivity contribution < 1.29 is 4.39 Å². The summed E-state index contributed by atoms with van der Waals surface area (Å²) >= 11 is 0. The highest BCUT2D eigenvalue weighted by atomic mass is 19.1. The second-order valence-corrected chi connectivity index (χ2v) is 4.65. The Morgan fingerprint density at radius 2 is 2.05 bits per heavy atom. The van der Waals surface area contributed by atoms with Crippen LogP contribution in [0.25, 0.3) is 0 Å². The molecule has 0 saturated carbocycles. The Kier molecular flexibility index (Phi) is 4.63. The number of rotatable bonds is 6. The number of halogens is 1. The molecular formula is C14H19FN4. The van der Waals surface area contributed by atoms with Crippen molar-refractivity contribution in [1.29, 1.82) is 0 Å². The highest BCUT2D eigenvalue weighted by Gasteiger charge is 2.06. The molecule has 102 valence electrons. The van der Waals surface area contributed by atoms with Crippen molar-refractivity contribution in [3.63, 3.8) is 0 Å². The molecule has 1 heterocycles. The maximum atomic E-state index is 12.8. The molecule has 0 aliphatic rings. The van der Waals surface area contributed by atoms with Gasteiger partial charge in [-0.3, -0.25) is 0 Å². The van der Waals surface area contributed by atoms with Crippen LogP contribution in [0, 0.1) is 5.82 Å². The minimum absolute atomic E-state index is 0.194. The molecule has 19 heavy (non-hydrogen) atoms. The predicted molar refractivity (Wildman–Crippen MR) is 72.1 cm³/mol. The van der Waals surface area contributed by atoms with Gasteiger partial charge in [0.1, 0.15) is 18.0 Å². The first-order valence-corrected chi connectivity index (χ1v) is 6.53. The average molecular weight is 262 g/mol. The summed E-state index contributed by atoms with van der Waals surface area (Å²) in [6.45, 7) is 5.73. The lowest BCUT2D eigenvalue weighted by atomic mass is 10.1. The van der Waals surface area contributed by atoms with Crippen LogP contribution in [0.2, 0.25) is 0 Å². The third kappa shape index (κ3) is 3.86. The van der Waals surface area contributed by atoms with Crippen molar-refractivity contribution in [2.45, 2.75) is 39.4 Å². The summed E-state index contributed by atoms with van der Waals surface area (Å²) in [5.74, 6) is 0.744. The smallest absolute Gasteiger partial charge is 0.146 e. The summed E-state index contributed by atoms with van der Waals surface area (Å²) in [7, 11) is 0. The van der Waals surface area contributed by atoms with E-state index in [4.69, 9.17) is 0 Å². The van der Waals surface area contributed by atoms with Crippen molar-refractivity contribution >= 4 is 0 Å². The van der Waals surface area contributed by atoms with E-state index in [1.54, 1.807) is 6.33 Å². The summed E-state index contributed by atoms with van der Waals surface area (Å²) in [6.07, 6.45) is 2.60. The molecule has 0 aliphatic carbocycles. The number of hydrogen-bond donors (Lipinski definition) is 1. The van der Waals surface area contributed by atoms with Crippen molar-refractivity contribution in [3.8, 4) is 0 Å². The molecule has 0 bridgehead atoms. The van der Waals surface area contributed by atoms with E-state index in [2.05, 4.69) is 29.4 Å². The number of hydrogen-bond acceptors (Lipinski definition) is 3. The summed E-state index contributed by atoms with van der Waals surface area (Å²) < 4.78 is 14.8. The molecule has 1 unspecified atom stereocenters. The van der Waals surface area contributed by atoms with Crippen LogP contribution in [0.15, 0.2) is 30.6 Å². The van der Waals surface area contributed by atoms with E-state index in [-0.39, 0.29) is 5.82 Å². The second kappa shape index (κ2) is 6.43. The zero-order valence-corrected chi connectivity index (χ0v) is 11.3. The van der Waals surface area contributed by atoms with E-state index in [0.717, 1.165) is 24.4 Å². The molecule has 0 amide bonds. The van der Waals surface area contributed by atoms with Gasteiger partial charge < -0.3 is 9.88 Å². The van der Waals surface area contributed by atoms with Crippen LogP contribution in [0.1, 0.15) is 25.2 Å². The molecule has 0 radical (unpaired) electrons. The van der Waals surface area contributed by atoms with E-state index in [0.29, 0.717) is 12.6 Å². The zero-order valence-electron chi connectivity index (χ0n) is 11.3. The fraction of sp³-hybridized carbons (Fsp3) is 0.429. The van der Waals surface area contributed by atoms with Crippen molar-refractivity contribution in [2.24, 2.45) is 0 Å². The standard InChI is InChI=1S/C14H19FN4/c1-3-19-10-17-18-14(19)9-16-11(2)8-12-4-6-13(15)7-5-12/h4-7,10-11,16H,3,8-9H2,1-2H3. The lowest BCUT2D eigenvalue weighted by molar-refractivity contribution is 0.518. The van der Waals surface area contributed by atoms with Gasteiger partial charge in [-0.1, -0.05) is 12.1 Å². The van der Waals surface area contributed by atoms with E-state index < -0.39 is 0 Å². The van der Waals surface area contributed by atoms with Crippen LogP contribution in [0.4, 0.5) is 4.39 Å². The van der Waals surface area contributed by atoms with Crippen LogP contribution < -0.4 is 5.32 Å². The highest BCUT2D eigenvalue weighted by molar-refractivity contribution is 5.17. The Hall–Kier alpha value is -1.75. The van der Waals surface area contributed by atoms with E-state index in [9.17, 15) is 4.39 Å². The average Bonchev–Trinajstić information content (AvgIpc) is 2.86. The van der Waals surface area contributed by atoms with Crippen LogP contribution >= 0.6 is 0 Å². The summed E-state index contributed by atoms with van der Waals surface area (Å²) in [4.78, 5) is 0. The maximum absolute atomic E-state index is 12.8. The van der Waals surface area contributed by atoms with Crippen LogP contribution in [0.3, 0.4) is 0 Å². The first-order chi connectivity index (χ1) is 9.19. The molecule has 2 aromatic rings. The number of nitrogens with zero attached hydrogens (tertiary/aromatic N) is 3. The van der Waals surface area contributed by atoms with Gasteiger partial charge >= 0.3 is 0 Å². The Morgan fingerprint density at radius 3 is 2.74 bits per heavy atom. The van der Waals surface area contributed by atoms with E-state index >= 15 is 0 Å². The minimum atomic E-state index is -0.194. The molecule has 2 rings (SSSR count). The number of aryl methyl sites for hydroxylation is 1. The van der Waals surface area contributed by atoms with Gasteiger partial charge in [0.15, 0.2) is 0 Å². The lowest BCUT2D eigenvalue weighted by Gasteiger charge is -2.13. The topological polar surface area (TPSA) is 42.7 Å². The summed E-state index contributed by atoms with van der Waals surface area (Å²) in [5.41, 5.74) is 1.12. The number of aromatic nitrogens is 3. The quantitative estimate of drug-likeness (QED) is 0.867. The normalized spacial score (nSPS) is 12.6. The van der Waals surface area contributed by atoms with Crippen LogP contribution in [-0.2, 0) is 19.5 Å². The molecule has 4 nitrogen and oxygen atoms in total. The summed E-state index contributed by atoms with van der Waals surface area (Å²) in [6, 6.07) is 6.93. The van der Waals surface area contributed by atoms with Gasteiger partial charge in [0.2, 0.25) is 0 Å². The Bertz CT molecular complexity index is 506. The van der Waals surface area contributed by atoms with Gasteiger partial charge in [-0.15, -0.1) is 10.2 Å². The Morgan fingerprint density at radius 1 is 1.32 bits per heavy atom. The van der Waals surface area contributed by atoms with Gasteiger partial charge in [-0.25, -0.2) is 4.39 Å². The van der Waals surface area contributed by atoms with Gasteiger partial charge in [-0.05, 0) is 38.0 Å². The first kappa shape index (κ1) is 13.7. The lowest BCUT2D eigenvalue weighted by Crippen LogP contribution is -2.28. The van der Waals surface area contributed by atoms with Gasteiger partial charge in [0, 0.05) is 12.6 Å². The highest BCUT2D eigenvalue weighted by Crippen LogP contribution is 2.06. The molecule has 0 spiro atoms. The minimum Gasteiger partial charge on any atom is -0.317 e. The van der Waals surface area contributed by atoms with Gasteiger partial charge in [-0.2, -0.15) is 0 Å². The fourth-order valence-electron chi connectivity index (χ4n) is 1.99. The van der Waals surface area contributed by atoms with E-state index in [1.165, 1.54) is 12.1 Å². The third-order valence-corrected chi connectivity index (χ3v) is 3.10. The molecule has 1 atom stereocenters.